The summed E-state index contributed by atoms with van der Waals surface area (Å²) in [6.07, 6.45) is 0.390. The number of hydrogen-bond donors (Lipinski definition) is 2. The first kappa shape index (κ1) is 9.98. The fourth-order valence-electron chi connectivity index (χ4n) is 1.82. The monoisotopic (exact) mass is 230 g/mol. The van der Waals surface area contributed by atoms with Gasteiger partial charge in [-0.15, -0.1) is 10.2 Å². The van der Waals surface area contributed by atoms with Crippen molar-refractivity contribution in [2.45, 2.75) is 13.0 Å². The number of nitrogens with two attached hydrogens (primary N) is 1. The van der Waals surface area contributed by atoms with Gasteiger partial charge >= 0.3 is 0 Å². The van der Waals surface area contributed by atoms with E-state index in [1.54, 1.807) is 0 Å². The molecule has 0 aliphatic carbocycles. The van der Waals surface area contributed by atoms with E-state index in [9.17, 15) is 4.79 Å². The topological polar surface area (TPSA) is 94.0 Å². The molecule has 1 aromatic heterocycles. The molecule has 1 aromatic carbocycles. The summed E-state index contributed by atoms with van der Waals surface area (Å²) in [6.45, 7) is 0.220. The lowest BCUT2D eigenvalue weighted by atomic mass is 10.1. The Hall–Kier alpha value is -2.21. The van der Waals surface area contributed by atoms with E-state index in [0.717, 1.165) is 16.8 Å². The van der Waals surface area contributed by atoms with Gasteiger partial charge < -0.3 is 15.5 Å². The maximum absolute atomic E-state index is 11.2. The van der Waals surface area contributed by atoms with Crippen LogP contribution < -0.4 is 11.1 Å². The van der Waals surface area contributed by atoms with E-state index in [1.807, 2.05) is 18.2 Å². The largest absolute Gasteiger partial charge is 0.419 e. The van der Waals surface area contributed by atoms with Gasteiger partial charge in [-0.05, 0) is 23.8 Å². The van der Waals surface area contributed by atoms with Gasteiger partial charge in [-0.25, -0.2) is 0 Å². The summed E-state index contributed by atoms with van der Waals surface area (Å²) in [5.74, 6) is 0.827. The normalized spacial score (nSPS) is 13.6. The molecule has 1 amide bonds. The lowest BCUT2D eigenvalue weighted by molar-refractivity contribution is -0.115. The highest BCUT2D eigenvalue weighted by atomic mass is 16.4. The molecule has 0 fully saturated rings. The van der Waals surface area contributed by atoms with Crippen molar-refractivity contribution in [3.63, 3.8) is 0 Å². The van der Waals surface area contributed by atoms with Crippen LogP contribution >= 0.6 is 0 Å². The maximum Gasteiger partial charge on any atom is 0.247 e. The number of carbonyl (C=O) groups excluding carboxylic acids is 1. The maximum atomic E-state index is 11.2. The molecular formula is C11H10N4O2. The highest BCUT2D eigenvalue weighted by molar-refractivity contribution is 5.99. The van der Waals surface area contributed by atoms with Gasteiger partial charge in [0.25, 0.3) is 0 Å². The second-order valence-electron chi connectivity index (χ2n) is 3.80. The molecule has 3 N–H and O–H groups in total. The summed E-state index contributed by atoms with van der Waals surface area (Å²) in [5, 5.41) is 10.5. The Morgan fingerprint density at radius 3 is 3.06 bits per heavy atom. The zero-order valence-corrected chi connectivity index (χ0v) is 8.93. The van der Waals surface area contributed by atoms with Gasteiger partial charge in [-0.3, -0.25) is 4.79 Å². The molecule has 1 aliphatic heterocycles. The highest BCUT2D eigenvalue weighted by Crippen LogP contribution is 2.28. The summed E-state index contributed by atoms with van der Waals surface area (Å²) in [7, 11) is 0. The lowest BCUT2D eigenvalue weighted by Crippen LogP contribution is -2.03. The molecule has 86 valence electrons. The summed E-state index contributed by atoms with van der Waals surface area (Å²) in [4.78, 5) is 11.2. The third kappa shape index (κ3) is 1.68. The van der Waals surface area contributed by atoms with Gasteiger partial charge in [-0.1, -0.05) is 0 Å². The number of aromatic nitrogens is 2. The van der Waals surface area contributed by atoms with Crippen molar-refractivity contribution < 1.29 is 9.21 Å². The molecular weight excluding hydrogens is 220 g/mol. The van der Waals surface area contributed by atoms with Crippen LogP contribution in [0, 0.1) is 0 Å². The quantitative estimate of drug-likeness (QED) is 0.791. The number of amides is 1. The molecule has 2 aromatic rings. The van der Waals surface area contributed by atoms with Crippen molar-refractivity contribution >= 4 is 11.6 Å². The zero-order chi connectivity index (χ0) is 11.8. The molecule has 6 heteroatoms. The number of rotatable bonds is 2. The van der Waals surface area contributed by atoms with Crippen molar-refractivity contribution in [3.05, 3.63) is 29.7 Å². The third-order valence-corrected chi connectivity index (χ3v) is 2.62. The SMILES string of the molecule is NCc1nnc(-c2ccc3c(c2)CC(=O)N3)o1. The molecule has 6 nitrogen and oxygen atoms in total. The van der Waals surface area contributed by atoms with E-state index in [-0.39, 0.29) is 12.5 Å². The average molecular weight is 230 g/mol. The summed E-state index contributed by atoms with van der Waals surface area (Å²) < 4.78 is 5.35. The van der Waals surface area contributed by atoms with Crippen LogP contribution in [-0.2, 0) is 17.8 Å². The predicted octanol–water partition coefficient (Wildman–Crippen LogP) is 0.690. The van der Waals surface area contributed by atoms with E-state index < -0.39 is 0 Å². The number of nitrogens with one attached hydrogen (secondary N) is 1. The van der Waals surface area contributed by atoms with Gasteiger partial charge in [0, 0.05) is 11.3 Å². The van der Waals surface area contributed by atoms with Gasteiger partial charge in [0.05, 0.1) is 13.0 Å². The smallest absolute Gasteiger partial charge is 0.247 e. The minimum Gasteiger partial charge on any atom is -0.419 e. The van der Waals surface area contributed by atoms with E-state index in [2.05, 4.69) is 15.5 Å². The first-order chi connectivity index (χ1) is 8.26. The summed E-state index contributed by atoms with van der Waals surface area (Å²) >= 11 is 0. The van der Waals surface area contributed by atoms with Crippen LogP contribution in [0.25, 0.3) is 11.5 Å². The van der Waals surface area contributed by atoms with E-state index in [1.165, 1.54) is 0 Å². The highest BCUT2D eigenvalue weighted by Gasteiger charge is 2.19. The molecule has 2 heterocycles. The van der Waals surface area contributed by atoms with Crippen molar-refractivity contribution in [2.75, 3.05) is 5.32 Å². The first-order valence-electron chi connectivity index (χ1n) is 5.22. The summed E-state index contributed by atoms with van der Waals surface area (Å²) in [6, 6.07) is 5.54. The third-order valence-electron chi connectivity index (χ3n) is 2.62. The minimum atomic E-state index is 0.00493. The van der Waals surface area contributed by atoms with Gasteiger partial charge in [-0.2, -0.15) is 0 Å². The van der Waals surface area contributed by atoms with E-state index in [4.69, 9.17) is 10.2 Å². The lowest BCUT2D eigenvalue weighted by Gasteiger charge is -1.99. The fraction of sp³-hybridized carbons (Fsp3) is 0.182. The second kappa shape index (κ2) is 3.67. The van der Waals surface area contributed by atoms with Crippen molar-refractivity contribution in [1.29, 1.82) is 0 Å². The number of fused-ring (bicyclic) bond motifs is 1. The minimum absolute atomic E-state index is 0.00493. The van der Waals surface area contributed by atoms with Crippen LogP contribution in [0.2, 0.25) is 0 Å². The number of benzene rings is 1. The molecule has 17 heavy (non-hydrogen) atoms. The Bertz CT molecular complexity index is 591. The van der Waals surface area contributed by atoms with Crippen molar-refractivity contribution in [3.8, 4) is 11.5 Å². The Morgan fingerprint density at radius 2 is 2.29 bits per heavy atom. The molecule has 0 saturated carbocycles. The van der Waals surface area contributed by atoms with Crippen LogP contribution in [0.3, 0.4) is 0 Å². The van der Waals surface area contributed by atoms with E-state index >= 15 is 0 Å². The fourth-order valence-corrected chi connectivity index (χ4v) is 1.82. The Kier molecular flexibility index (Phi) is 2.15. The van der Waals surface area contributed by atoms with Gasteiger partial charge in [0.15, 0.2) is 0 Å². The summed E-state index contributed by atoms with van der Waals surface area (Å²) in [5.41, 5.74) is 7.99. The van der Waals surface area contributed by atoms with Gasteiger partial charge in [0.2, 0.25) is 17.7 Å². The Morgan fingerprint density at radius 1 is 1.41 bits per heavy atom. The number of hydrogen-bond acceptors (Lipinski definition) is 5. The molecule has 0 bridgehead atoms. The number of nitrogens with zero attached hydrogens (tertiary/aromatic N) is 2. The average Bonchev–Trinajstić information content (AvgIpc) is 2.92. The second-order valence-corrected chi connectivity index (χ2v) is 3.80. The molecule has 0 spiro atoms. The van der Waals surface area contributed by atoms with Crippen molar-refractivity contribution in [2.24, 2.45) is 5.73 Å². The van der Waals surface area contributed by atoms with Crippen LogP contribution in [-0.4, -0.2) is 16.1 Å². The Labute approximate surface area is 96.8 Å². The zero-order valence-electron chi connectivity index (χ0n) is 8.93. The number of anilines is 1. The predicted molar refractivity (Wildman–Crippen MR) is 60.0 cm³/mol. The van der Waals surface area contributed by atoms with Crippen molar-refractivity contribution in [1.82, 2.24) is 10.2 Å². The molecule has 1 aliphatic rings. The molecule has 0 unspecified atom stereocenters. The standard InChI is InChI=1S/C11H10N4O2/c12-5-10-14-15-11(17-10)6-1-2-8-7(3-6)4-9(16)13-8/h1-3H,4-5,12H2,(H,13,16). The van der Waals surface area contributed by atoms with Crippen LogP contribution in [0.5, 0.6) is 0 Å². The van der Waals surface area contributed by atoms with Crippen LogP contribution in [0.15, 0.2) is 22.6 Å². The molecule has 0 atom stereocenters. The first-order valence-corrected chi connectivity index (χ1v) is 5.22. The van der Waals surface area contributed by atoms with Crippen LogP contribution in [0.1, 0.15) is 11.5 Å². The van der Waals surface area contributed by atoms with E-state index in [0.29, 0.717) is 18.2 Å². The molecule has 3 rings (SSSR count). The molecule has 0 saturated heterocycles. The van der Waals surface area contributed by atoms with Gasteiger partial charge in [0.1, 0.15) is 0 Å². The van der Waals surface area contributed by atoms with Crippen LogP contribution in [0.4, 0.5) is 5.69 Å². The number of carbonyl (C=O) groups is 1. The molecule has 0 radical (unpaired) electrons. The Balaban J connectivity index is 1.99.